The van der Waals surface area contributed by atoms with Crippen LogP contribution in [0, 0.1) is 5.82 Å². The lowest BCUT2D eigenvalue weighted by molar-refractivity contribution is 0.0763. The molecule has 2 N–H and O–H groups in total. The summed E-state index contributed by atoms with van der Waals surface area (Å²) in [5.41, 5.74) is 6.02. The number of hydrogen-bond donors (Lipinski definition) is 2. The number of aromatic amines is 1. The van der Waals surface area contributed by atoms with Crippen LogP contribution in [0.5, 0.6) is 0 Å². The van der Waals surface area contributed by atoms with Gasteiger partial charge in [-0.2, -0.15) is 0 Å². The Balaban J connectivity index is 1.20. The number of aliphatic imine (C=N–C) groups is 1. The van der Waals surface area contributed by atoms with E-state index < -0.39 is 0 Å². The van der Waals surface area contributed by atoms with Crippen molar-refractivity contribution in [3.8, 4) is 0 Å². The molecule has 202 valence electrons. The number of likely N-dealkylation sites (tertiary alicyclic amines) is 1. The van der Waals surface area contributed by atoms with Crippen molar-refractivity contribution >= 4 is 38.9 Å². The maximum Gasteiger partial charge on any atom is 0.259 e. The summed E-state index contributed by atoms with van der Waals surface area (Å²) in [7, 11) is 0. The molecule has 3 aliphatic heterocycles. The molecule has 1 atom stereocenters. The number of H-pyrrole nitrogens is 1. The van der Waals surface area contributed by atoms with Gasteiger partial charge in [0.2, 0.25) is 0 Å². The fourth-order valence-electron chi connectivity index (χ4n) is 5.89. The first-order valence-corrected chi connectivity index (χ1v) is 14.3. The van der Waals surface area contributed by atoms with Gasteiger partial charge < -0.3 is 20.1 Å². The highest BCUT2D eigenvalue weighted by Gasteiger charge is 2.31. The molecule has 6 rings (SSSR count). The predicted molar refractivity (Wildman–Crippen MR) is 155 cm³/mol. The fourth-order valence-corrected chi connectivity index (χ4v) is 6.30. The molecule has 1 fully saturated rings. The number of anilines is 1. The third-order valence-corrected chi connectivity index (χ3v) is 8.64. The SMILES string of the molecule is C[C@@H](Cc1cc(F)ccc1Br)Nc1cc[nH]c(=O)c1C1=Nc2cc3c(cc2C1)C(=O)N(CCN1CCCC1)C3. The lowest BCUT2D eigenvalue weighted by atomic mass is 10.00. The van der Waals surface area contributed by atoms with Crippen molar-refractivity contribution in [1.82, 2.24) is 14.8 Å². The van der Waals surface area contributed by atoms with Gasteiger partial charge in [0.1, 0.15) is 5.82 Å². The fraction of sp³-hybridized carbons (Fsp3) is 0.367. The van der Waals surface area contributed by atoms with E-state index in [2.05, 4.69) is 31.1 Å². The van der Waals surface area contributed by atoms with E-state index in [1.807, 2.05) is 30.0 Å². The van der Waals surface area contributed by atoms with Gasteiger partial charge in [0.15, 0.2) is 0 Å². The summed E-state index contributed by atoms with van der Waals surface area (Å²) in [4.78, 5) is 38.1. The lowest BCUT2D eigenvalue weighted by Crippen LogP contribution is -2.33. The number of benzene rings is 2. The Morgan fingerprint density at radius 1 is 1.10 bits per heavy atom. The topological polar surface area (TPSA) is 80.8 Å². The van der Waals surface area contributed by atoms with Crippen LogP contribution in [0.15, 0.2) is 56.9 Å². The van der Waals surface area contributed by atoms with Gasteiger partial charge in [-0.1, -0.05) is 15.9 Å². The molecule has 0 aliphatic carbocycles. The molecule has 0 spiro atoms. The molecule has 0 unspecified atom stereocenters. The van der Waals surface area contributed by atoms with Crippen molar-refractivity contribution < 1.29 is 9.18 Å². The van der Waals surface area contributed by atoms with Gasteiger partial charge in [0, 0.05) is 48.3 Å². The van der Waals surface area contributed by atoms with E-state index in [-0.39, 0.29) is 23.3 Å². The molecule has 39 heavy (non-hydrogen) atoms. The van der Waals surface area contributed by atoms with E-state index in [0.29, 0.717) is 36.3 Å². The molecule has 1 saturated heterocycles. The first-order chi connectivity index (χ1) is 18.9. The monoisotopic (exact) mass is 591 g/mol. The Hall–Kier alpha value is -3.30. The Labute approximate surface area is 235 Å². The standard InChI is InChI=1S/C30H31BrFN5O2/c1-18(12-19-13-22(32)4-5-24(19)31)34-25-6-7-33-29(38)28(25)27-15-20-14-23-21(16-26(20)35-27)17-37(30(23)39)11-10-36-8-2-3-9-36/h4-7,13-14,16,18H,2-3,8-12,15,17H2,1H3,(H2,33,34,38)/t18-/m0/s1. The third kappa shape index (κ3) is 5.30. The van der Waals surface area contributed by atoms with E-state index in [1.165, 1.54) is 25.0 Å². The van der Waals surface area contributed by atoms with Crippen LogP contribution in [-0.2, 0) is 19.4 Å². The molecule has 3 aliphatic rings. The highest BCUT2D eigenvalue weighted by atomic mass is 79.9. The van der Waals surface area contributed by atoms with Crippen LogP contribution in [0.2, 0.25) is 0 Å². The van der Waals surface area contributed by atoms with Crippen LogP contribution in [0.1, 0.15) is 52.4 Å². The van der Waals surface area contributed by atoms with Gasteiger partial charge in [0.05, 0.1) is 22.6 Å². The minimum Gasteiger partial charge on any atom is -0.382 e. The number of fused-ring (bicyclic) bond motifs is 2. The second-order valence-electron chi connectivity index (χ2n) is 10.7. The minimum absolute atomic E-state index is 0.0685. The molecule has 7 nitrogen and oxygen atoms in total. The molecule has 4 heterocycles. The van der Waals surface area contributed by atoms with Crippen LogP contribution >= 0.6 is 15.9 Å². The van der Waals surface area contributed by atoms with Crippen LogP contribution in [0.4, 0.5) is 15.8 Å². The molecule has 0 saturated carbocycles. The molecule has 9 heteroatoms. The van der Waals surface area contributed by atoms with E-state index in [1.54, 1.807) is 12.3 Å². The Morgan fingerprint density at radius 2 is 1.92 bits per heavy atom. The molecule has 0 radical (unpaired) electrons. The van der Waals surface area contributed by atoms with Gasteiger partial charge in [0.25, 0.3) is 11.5 Å². The predicted octanol–water partition coefficient (Wildman–Crippen LogP) is 5.05. The van der Waals surface area contributed by atoms with Crippen molar-refractivity contribution in [1.29, 1.82) is 0 Å². The number of halogens is 2. The number of nitrogens with zero attached hydrogens (tertiary/aromatic N) is 3. The number of amides is 1. The average Bonchev–Trinajstić information content (AvgIpc) is 3.63. The number of rotatable bonds is 8. The van der Waals surface area contributed by atoms with Crippen molar-refractivity contribution in [2.75, 3.05) is 31.5 Å². The van der Waals surface area contributed by atoms with Crippen molar-refractivity contribution in [2.24, 2.45) is 4.99 Å². The molecule has 2 aromatic carbocycles. The Bertz CT molecular complexity index is 1530. The van der Waals surface area contributed by atoms with E-state index in [9.17, 15) is 14.0 Å². The first-order valence-electron chi connectivity index (χ1n) is 13.5. The Kier molecular flexibility index (Phi) is 7.12. The molecule has 1 aromatic heterocycles. The summed E-state index contributed by atoms with van der Waals surface area (Å²) in [5, 5.41) is 3.44. The molecular formula is C30H31BrFN5O2. The number of aromatic nitrogens is 1. The normalized spacial score (nSPS) is 17.4. The highest BCUT2D eigenvalue weighted by Crippen LogP contribution is 2.36. The first kappa shape index (κ1) is 26.0. The van der Waals surface area contributed by atoms with Crippen LogP contribution < -0.4 is 10.9 Å². The number of carbonyl (C=O) groups is 1. The molecule has 3 aromatic rings. The maximum absolute atomic E-state index is 13.8. The molecular weight excluding hydrogens is 561 g/mol. The van der Waals surface area contributed by atoms with Crippen molar-refractivity contribution in [3.63, 3.8) is 0 Å². The largest absolute Gasteiger partial charge is 0.382 e. The lowest BCUT2D eigenvalue weighted by Gasteiger charge is -2.20. The number of nitrogens with one attached hydrogen (secondary N) is 2. The number of pyridine rings is 1. The number of hydrogen-bond acceptors (Lipinski definition) is 5. The molecule has 1 amide bonds. The zero-order chi connectivity index (χ0) is 27.1. The van der Waals surface area contributed by atoms with E-state index in [0.717, 1.165) is 58.6 Å². The summed E-state index contributed by atoms with van der Waals surface area (Å²) in [6.07, 6.45) is 5.15. The van der Waals surface area contributed by atoms with Gasteiger partial charge >= 0.3 is 0 Å². The summed E-state index contributed by atoms with van der Waals surface area (Å²) in [6, 6.07) is 10.4. The molecule has 0 bridgehead atoms. The van der Waals surface area contributed by atoms with Gasteiger partial charge in [-0.05, 0) is 92.4 Å². The van der Waals surface area contributed by atoms with E-state index in [4.69, 9.17) is 4.99 Å². The average molecular weight is 593 g/mol. The third-order valence-electron chi connectivity index (χ3n) is 7.87. The van der Waals surface area contributed by atoms with Crippen molar-refractivity contribution in [2.45, 2.75) is 45.2 Å². The van der Waals surface area contributed by atoms with E-state index >= 15 is 0 Å². The van der Waals surface area contributed by atoms with Gasteiger partial charge in [-0.3, -0.25) is 14.6 Å². The quantitative estimate of drug-likeness (QED) is 0.384. The van der Waals surface area contributed by atoms with Crippen LogP contribution in [-0.4, -0.2) is 58.6 Å². The number of carbonyl (C=O) groups excluding carboxylic acids is 1. The zero-order valence-electron chi connectivity index (χ0n) is 21.9. The Morgan fingerprint density at radius 3 is 2.74 bits per heavy atom. The van der Waals surface area contributed by atoms with Crippen molar-refractivity contribution in [3.05, 3.63) is 91.1 Å². The minimum atomic E-state index is -0.282. The summed E-state index contributed by atoms with van der Waals surface area (Å²) in [6.45, 7) is 6.51. The zero-order valence-corrected chi connectivity index (χ0v) is 23.5. The highest BCUT2D eigenvalue weighted by molar-refractivity contribution is 9.10. The smallest absolute Gasteiger partial charge is 0.259 e. The summed E-state index contributed by atoms with van der Waals surface area (Å²) in [5.74, 6) is -0.201. The summed E-state index contributed by atoms with van der Waals surface area (Å²) < 4.78 is 14.6. The second-order valence-corrected chi connectivity index (χ2v) is 11.6. The van der Waals surface area contributed by atoms with Gasteiger partial charge in [-0.25, -0.2) is 4.39 Å². The van der Waals surface area contributed by atoms with Crippen LogP contribution in [0.25, 0.3) is 0 Å². The summed E-state index contributed by atoms with van der Waals surface area (Å²) >= 11 is 3.50. The second kappa shape index (κ2) is 10.7. The maximum atomic E-state index is 13.8. The van der Waals surface area contributed by atoms with Gasteiger partial charge in [-0.15, -0.1) is 0 Å². The van der Waals surface area contributed by atoms with Crippen LogP contribution in [0.3, 0.4) is 0 Å².